The molecule has 0 saturated carbocycles. The van der Waals surface area contributed by atoms with Gasteiger partial charge in [0.15, 0.2) is 0 Å². The molecule has 43 heavy (non-hydrogen) atoms. The van der Waals surface area contributed by atoms with E-state index in [-0.39, 0.29) is 18.8 Å². The van der Waals surface area contributed by atoms with Crippen LogP contribution in [0.5, 0.6) is 0 Å². The molecule has 0 saturated heterocycles. The number of hydrogen-bond donors (Lipinski definition) is 2. The first-order chi connectivity index (χ1) is 21.1. The van der Waals surface area contributed by atoms with Crippen LogP contribution in [0.1, 0.15) is 34.5 Å². The molecule has 0 bridgehead atoms. The Kier molecular flexibility index (Phi) is 14.2. The van der Waals surface area contributed by atoms with E-state index in [0.29, 0.717) is 45.1 Å². The van der Waals surface area contributed by atoms with Gasteiger partial charge in [-0.25, -0.2) is 0 Å². The summed E-state index contributed by atoms with van der Waals surface area (Å²) >= 11 is 0. The van der Waals surface area contributed by atoms with E-state index in [1.54, 1.807) is 0 Å². The van der Waals surface area contributed by atoms with Crippen LogP contribution in [0.4, 0.5) is 0 Å². The van der Waals surface area contributed by atoms with Gasteiger partial charge in [0.1, 0.15) is 12.2 Å². The maximum Gasteiger partial charge on any atom is 0.322 e. The number of nitrogens with one attached hydrogen (secondary N) is 2. The van der Waals surface area contributed by atoms with Crippen LogP contribution in [0.2, 0.25) is 0 Å². The normalized spacial score (nSPS) is 11.8. The highest BCUT2D eigenvalue weighted by Crippen LogP contribution is 2.26. The van der Waals surface area contributed by atoms with Crippen molar-refractivity contribution in [3.05, 3.63) is 144 Å². The second-order valence-electron chi connectivity index (χ2n) is 9.70. The molecule has 7 nitrogen and oxygen atoms in total. The molecule has 0 unspecified atom stereocenters. The summed E-state index contributed by atoms with van der Waals surface area (Å²) < 4.78 is 42.0. The number of rotatable bonds is 20. The summed E-state index contributed by atoms with van der Waals surface area (Å²) in [5, 5.41) is 6.44. The number of hydrogen-bond acceptors (Lipinski definition) is 8. The molecule has 0 fully saturated rings. The lowest BCUT2D eigenvalue weighted by atomic mass is 10.0. The van der Waals surface area contributed by atoms with Crippen molar-refractivity contribution >= 4 is 19.9 Å². The summed E-state index contributed by atoms with van der Waals surface area (Å²) in [6.07, 6.45) is -0.312. The minimum absolute atomic E-state index is 0.0672. The molecular formula is C34H40N2O5S2. The van der Waals surface area contributed by atoms with Crippen LogP contribution >= 0.6 is 10.8 Å². The first-order valence-corrected chi connectivity index (χ1v) is 17.4. The Morgan fingerprint density at radius 2 is 0.860 bits per heavy atom. The van der Waals surface area contributed by atoms with Gasteiger partial charge in [-0.05, 0) is 33.0 Å². The lowest BCUT2D eigenvalue weighted by Crippen LogP contribution is -2.26. The van der Waals surface area contributed by atoms with Crippen LogP contribution in [-0.2, 0) is 22.8 Å². The third kappa shape index (κ3) is 11.9. The van der Waals surface area contributed by atoms with Gasteiger partial charge in [-0.1, -0.05) is 121 Å². The monoisotopic (exact) mass is 620 g/mol. The molecule has 4 rings (SSSR count). The van der Waals surface area contributed by atoms with Gasteiger partial charge >= 0.3 is 9.15 Å². The van der Waals surface area contributed by atoms with Crippen LogP contribution in [-0.4, -0.2) is 60.2 Å². The highest BCUT2D eigenvalue weighted by atomic mass is 33.1. The molecule has 0 aliphatic rings. The molecule has 4 aromatic carbocycles. The molecule has 0 aliphatic carbocycles. The fourth-order valence-corrected chi connectivity index (χ4v) is 6.55. The Labute approximate surface area is 259 Å². The molecule has 0 amide bonds. The van der Waals surface area contributed by atoms with Crippen molar-refractivity contribution < 1.29 is 22.1 Å². The van der Waals surface area contributed by atoms with Gasteiger partial charge in [0, 0.05) is 31.9 Å². The predicted molar refractivity (Wildman–Crippen MR) is 174 cm³/mol. The quantitative estimate of drug-likeness (QED) is 0.0952. The van der Waals surface area contributed by atoms with E-state index in [1.807, 2.05) is 72.8 Å². The summed E-state index contributed by atoms with van der Waals surface area (Å²) in [6, 6.07) is 40.4. The molecule has 0 radical (unpaired) electrons. The Morgan fingerprint density at radius 1 is 0.512 bits per heavy atom. The molecule has 228 valence electrons. The van der Waals surface area contributed by atoms with E-state index in [9.17, 15) is 8.42 Å². The highest BCUT2D eigenvalue weighted by Gasteiger charge is 2.16. The summed E-state index contributed by atoms with van der Waals surface area (Å²) in [5.41, 5.74) is 4.37. The molecule has 0 aliphatic heterocycles. The van der Waals surface area contributed by atoms with E-state index in [2.05, 4.69) is 59.2 Å². The van der Waals surface area contributed by atoms with E-state index >= 15 is 0 Å². The Bertz CT molecular complexity index is 1210. The second-order valence-corrected chi connectivity index (χ2v) is 13.3. The summed E-state index contributed by atoms with van der Waals surface area (Å²) in [6.45, 7) is 3.16. The standard InChI is InChI=1S/C34H40N2O5S2/c37-43(38,41-27-23-35-21-25-39-33(29-13-5-1-6-14-29)30-15-7-2-8-16-30)42-28-24-36-22-26-40-34(31-17-9-3-10-18-31)32-19-11-4-12-20-32/h1-20,33-36H,21-28H2. The van der Waals surface area contributed by atoms with Crippen molar-refractivity contribution in [2.24, 2.45) is 0 Å². The van der Waals surface area contributed by atoms with Gasteiger partial charge in [-0.2, -0.15) is 8.42 Å². The molecule has 0 spiro atoms. The summed E-state index contributed by atoms with van der Waals surface area (Å²) in [4.78, 5) is 0. The Balaban J connectivity index is 1.06. The molecular weight excluding hydrogens is 581 g/mol. The van der Waals surface area contributed by atoms with Gasteiger partial charge in [-0.3, -0.25) is 4.18 Å². The minimum atomic E-state index is -3.66. The molecule has 2 N–H and O–H groups in total. The molecule has 0 aromatic heterocycles. The minimum Gasteiger partial charge on any atom is -0.367 e. The Hall–Kier alpha value is -3.02. The fourth-order valence-electron chi connectivity index (χ4n) is 4.49. The maximum atomic E-state index is 12.3. The van der Waals surface area contributed by atoms with Gasteiger partial charge in [0.2, 0.25) is 0 Å². The van der Waals surface area contributed by atoms with Crippen molar-refractivity contribution in [3.8, 4) is 0 Å². The van der Waals surface area contributed by atoms with Gasteiger partial charge in [-0.15, -0.1) is 0 Å². The topological polar surface area (TPSA) is 85.9 Å². The molecule has 0 heterocycles. The van der Waals surface area contributed by atoms with Crippen molar-refractivity contribution in [1.82, 2.24) is 10.6 Å². The average Bonchev–Trinajstić information content (AvgIpc) is 3.05. The number of benzene rings is 4. The Morgan fingerprint density at radius 3 is 1.26 bits per heavy atom. The van der Waals surface area contributed by atoms with Gasteiger partial charge in [0.05, 0.1) is 19.8 Å². The highest BCUT2D eigenvalue weighted by molar-refractivity contribution is 8.70. The first kappa shape index (κ1) is 32.9. The zero-order valence-corrected chi connectivity index (χ0v) is 25.8. The second kappa shape index (κ2) is 18.6. The smallest absolute Gasteiger partial charge is 0.322 e. The number of ether oxygens (including phenoxy) is 2. The average molecular weight is 621 g/mol. The maximum absolute atomic E-state index is 12.3. The molecule has 4 aromatic rings. The van der Waals surface area contributed by atoms with E-state index in [0.717, 1.165) is 33.0 Å². The van der Waals surface area contributed by atoms with Crippen LogP contribution in [0.25, 0.3) is 0 Å². The van der Waals surface area contributed by atoms with Gasteiger partial charge < -0.3 is 20.1 Å². The zero-order valence-electron chi connectivity index (χ0n) is 24.2. The first-order valence-electron chi connectivity index (χ1n) is 14.5. The van der Waals surface area contributed by atoms with E-state index in [4.69, 9.17) is 13.7 Å². The molecule has 9 heteroatoms. The lowest BCUT2D eigenvalue weighted by molar-refractivity contribution is 0.0817. The fraction of sp³-hybridized carbons (Fsp3) is 0.294. The lowest BCUT2D eigenvalue weighted by Gasteiger charge is -2.19. The van der Waals surface area contributed by atoms with Crippen LogP contribution in [0.3, 0.4) is 0 Å². The van der Waals surface area contributed by atoms with Crippen molar-refractivity contribution in [1.29, 1.82) is 0 Å². The van der Waals surface area contributed by atoms with Crippen LogP contribution in [0, 0.1) is 0 Å². The van der Waals surface area contributed by atoms with Crippen LogP contribution in [0.15, 0.2) is 121 Å². The predicted octanol–water partition coefficient (Wildman–Crippen LogP) is 5.77. The zero-order chi connectivity index (χ0) is 30.0. The van der Waals surface area contributed by atoms with Gasteiger partial charge in [0.25, 0.3) is 0 Å². The SMILES string of the molecule is O=S(=O)(OCCNCCOC(c1ccccc1)c1ccccc1)SCCNCCOC(c1ccccc1)c1ccccc1. The van der Waals surface area contributed by atoms with Crippen LogP contribution < -0.4 is 10.6 Å². The third-order valence-corrected chi connectivity index (χ3v) is 9.32. The van der Waals surface area contributed by atoms with Crippen molar-refractivity contribution in [2.75, 3.05) is 51.8 Å². The third-order valence-electron chi connectivity index (χ3n) is 6.55. The summed E-state index contributed by atoms with van der Waals surface area (Å²) in [7, 11) is -2.87. The largest absolute Gasteiger partial charge is 0.367 e. The summed E-state index contributed by atoms with van der Waals surface area (Å²) in [5.74, 6) is 0.380. The van der Waals surface area contributed by atoms with E-state index < -0.39 is 9.15 Å². The van der Waals surface area contributed by atoms with E-state index in [1.165, 1.54) is 0 Å². The van der Waals surface area contributed by atoms with Crippen molar-refractivity contribution in [3.63, 3.8) is 0 Å². The van der Waals surface area contributed by atoms with Crippen molar-refractivity contribution in [2.45, 2.75) is 12.2 Å². The molecule has 0 atom stereocenters.